The molecule has 1 atom stereocenters. The zero-order chi connectivity index (χ0) is 21.5. The largest absolute Gasteiger partial charge is 0.496 e. The predicted molar refractivity (Wildman–Crippen MR) is 115 cm³/mol. The Balaban J connectivity index is 1.64. The van der Waals surface area contributed by atoms with Gasteiger partial charge in [-0.1, -0.05) is 48.5 Å². The van der Waals surface area contributed by atoms with Crippen molar-refractivity contribution in [3.05, 3.63) is 70.6 Å². The first-order valence-corrected chi connectivity index (χ1v) is 10.2. The summed E-state index contributed by atoms with van der Waals surface area (Å²) in [5, 5.41) is 11.7. The number of aliphatic hydroxyl groups is 1. The topological polar surface area (TPSA) is 95.9 Å². The number of amides is 3. The van der Waals surface area contributed by atoms with Crippen molar-refractivity contribution in [1.82, 2.24) is 10.2 Å². The summed E-state index contributed by atoms with van der Waals surface area (Å²) in [6, 6.07) is 16.0. The monoisotopic (exact) mass is 426 g/mol. The Morgan fingerprint density at radius 1 is 1.17 bits per heavy atom. The van der Waals surface area contributed by atoms with E-state index < -0.39 is 29.6 Å². The predicted octanol–water partition coefficient (Wildman–Crippen LogP) is 2.45. The fourth-order valence-corrected chi connectivity index (χ4v) is 3.87. The minimum absolute atomic E-state index is 0.222. The van der Waals surface area contributed by atoms with Crippen LogP contribution in [0.25, 0.3) is 6.08 Å². The van der Waals surface area contributed by atoms with Gasteiger partial charge in [0.2, 0.25) is 5.91 Å². The molecule has 0 bridgehead atoms. The Kier molecular flexibility index (Phi) is 7.26. The van der Waals surface area contributed by atoms with E-state index in [1.807, 2.05) is 30.3 Å². The average molecular weight is 426 g/mol. The Morgan fingerprint density at radius 2 is 1.87 bits per heavy atom. The highest BCUT2D eigenvalue weighted by molar-refractivity contribution is 8.18. The van der Waals surface area contributed by atoms with Crippen molar-refractivity contribution in [2.24, 2.45) is 0 Å². The molecule has 7 nitrogen and oxygen atoms in total. The number of carbonyl (C=O) groups excluding carboxylic acids is 3. The molecule has 1 aliphatic heterocycles. The Hall–Kier alpha value is -3.10. The van der Waals surface area contributed by atoms with Gasteiger partial charge in [0.15, 0.2) is 0 Å². The number of methoxy groups -OCH3 is 1. The van der Waals surface area contributed by atoms with Crippen LogP contribution in [0.3, 0.4) is 0 Å². The van der Waals surface area contributed by atoms with Crippen LogP contribution in [0.2, 0.25) is 0 Å². The number of benzene rings is 2. The van der Waals surface area contributed by atoms with Crippen LogP contribution in [0.4, 0.5) is 4.79 Å². The summed E-state index contributed by atoms with van der Waals surface area (Å²) in [6.07, 6.45) is 2.02. The first-order chi connectivity index (χ1) is 14.5. The number of nitrogens with zero attached hydrogens (tertiary/aromatic N) is 1. The smallest absolute Gasteiger partial charge is 0.294 e. The quantitative estimate of drug-likeness (QED) is 0.630. The van der Waals surface area contributed by atoms with E-state index in [-0.39, 0.29) is 11.5 Å². The Labute approximate surface area is 178 Å². The fraction of sp³-hybridized carbons (Fsp3) is 0.227. The number of carbonyl (C=O) groups is 3. The van der Waals surface area contributed by atoms with E-state index in [1.54, 1.807) is 30.3 Å². The highest BCUT2D eigenvalue weighted by Crippen LogP contribution is 2.33. The van der Waals surface area contributed by atoms with E-state index in [9.17, 15) is 19.5 Å². The van der Waals surface area contributed by atoms with Crippen molar-refractivity contribution in [2.75, 3.05) is 20.3 Å². The molecule has 2 N–H and O–H groups in total. The summed E-state index contributed by atoms with van der Waals surface area (Å²) in [7, 11) is 1.52. The highest BCUT2D eigenvalue weighted by Gasteiger charge is 2.36. The molecule has 1 unspecified atom stereocenters. The molecule has 0 aliphatic carbocycles. The standard InChI is InChI=1S/C22H22N2O5S/c1-29-18-10-6-5-9-16(18)12-19-21(27)24(22(28)30-19)13-20(26)23-17(14-25)11-15-7-3-2-4-8-15/h2-10,12,17,25H,11,13-14H2,1H3,(H,23,26). The molecule has 1 saturated heterocycles. The Bertz CT molecular complexity index is 961. The molecular formula is C22H22N2O5S. The number of hydrogen-bond acceptors (Lipinski definition) is 6. The van der Waals surface area contributed by atoms with Crippen molar-refractivity contribution >= 4 is 34.9 Å². The molecule has 8 heteroatoms. The lowest BCUT2D eigenvalue weighted by Gasteiger charge is -2.18. The zero-order valence-corrected chi connectivity index (χ0v) is 17.2. The molecule has 0 saturated carbocycles. The van der Waals surface area contributed by atoms with Gasteiger partial charge in [0.1, 0.15) is 12.3 Å². The van der Waals surface area contributed by atoms with Crippen LogP contribution in [0.5, 0.6) is 5.75 Å². The molecule has 0 aromatic heterocycles. The number of hydrogen-bond donors (Lipinski definition) is 2. The summed E-state index contributed by atoms with van der Waals surface area (Å²) in [5.41, 5.74) is 1.63. The molecule has 1 heterocycles. The number of ether oxygens (including phenoxy) is 1. The van der Waals surface area contributed by atoms with Crippen LogP contribution in [-0.4, -0.2) is 53.4 Å². The second-order valence-electron chi connectivity index (χ2n) is 6.65. The van der Waals surface area contributed by atoms with E-state index in [0.29, 0.717) is 17.7 Å². The van der Waals surface area contributed by atoms with Crippen LogP contribution in [0.1, 0.15) is 11.1 Å². The molecule has 30 heavy (non-hydrogen) atoms. The van der Waals surface area contributed by atoms with Gasteiger partial charge in [-0.2, -0.15) is 0 Å². The van der Waals surface area contributed by atoms with Gasteiger partial charge in [0.25, 0.3) is 11.1 Å². The molecule has 0 spiro atoms. The first-order valence-electron chi connectivity index (χ1n) is 9.34. The Morgan fingerprint density at radius 3 is 2.57 bits per heavy atom. The fourth-order valence-electron chi connectivity index (χ4n) is 3.04. The molecule has 3 amide bonds. The van der Waals surface area contributed by atoms with E-state index in [2.05, 4.69) is 5.32 Å². The number of aliphatic hydroxyl groups excluding tert-OH is 1. The lowest BCUT2D eigenvalue weighted by Crippen LogP contribution is -2.45. The maximum absolute atomic E-state index is 12.6. The summed E-state index contributed by atoms with van der Waals surface area (Å²) in [4.78, 5) is 38.5. The van der Waals surface area contributed by atoms with E-state index in [0.717, 1.165) is 22.2 Å². The molecule has 2 aromatic carbocycles. The summed E-state index contributed by atoms with van der Waals surface area (Å²) >= 11 is 0.779. The van der Waals surface area contributed by atoms with Crippen molar-refractivity contribution in [1.29, 1.82) is 0 Å². The SMILES string of the molecule is COc1ccccc1C=C1SC(=O)N(CC(=O)NC(CO)Cc2ccccc2)C1=O. The molecule has 3 rings (SSSR count). The maximum atomic E-state index is 12.6. The van der Waals surface area contributed by atoms with Crippen LogP contribution in [0, 0.1) is 0 Å². The van der Waals surface area contributed by atoms with Gasteiger partial charge < -0.3 is 15.2 Å². The van der Waals surface area contributed by atoms with E-state index >= 15 is 0 Å². The van der Waals surface area contributed by atoms with Crippen molar-refractivity contribution in [3.63, 3.8) is 0 Å². The van der Waals surface area contributed by atoms with Crippen LogP contribution < -0.4 is 10.1 Å². The van der Waals surface area contributed by atoms with Crippen LogP contribution in [0.15, 0.2) is 59.5 Å². The minimum atomic E-state index is -0.533. The molecule has 1 aliphatic rings. The molecular weight excluding hydrogens is 404 g/mol. The number of thioether (sulfide) groups is 1. The van der Waals surface area contributed by atoms with Crippen LogP contribution in [-0.2, 0) is 16.0 Å². The lowest BCUT2D eigenvalue weighted by molar-refractivity contribution is -0.129. The second-order valence-corrected chi connectivity index (χ2v) is 7.64. The second kappa shape index (κ2) is 10.1. The molecule has 156 valence electrons. The third-order valence-corrected chi connectivity index (χ3v) is 5.42. The number of rotatable bonds is 8. The highest BCUT2D eigenvalue weighted by atomic mass is 32.2. The first kappa shape index (κ1) is 21.6. The van der Waals surface area contributed by atoms with Crippen molar-refractivity contribution < 1.29 is 24.2 Å². The van der Waals surface area contributed by atoms with Crippen molar-refractivity contribution in [3.8, 4) is 5.75 Å². The maximum Gasteiger partial charge on any atom is 0.294 e. The molecule has 0 radical (unpaired) electrons. The third kappa shape index (κ3) is 5.28. The third-order valence-electron chi connectivity index (χ3n) is 4.51. The molecule has 2 aromatic rings. The number of nitrogens with one attached hydrogen (secondary N) is 1. The van der Waals surface area contributed by atoms with Gasteiger partial charge in [-0.05, 0) is 35.9 Å². The van der Waals surface area contributed by atoms with E-state index in [1.165, 1.54) is 7.11 Å². The van der Waals surface area contributed by atoms with Crippen LogP contribution >= 0.6 is 11.8 Å². The van der Waals surface area contributed by atoms with Gasteiger partial charge in [-0.3, -0.25) is 19.3 Å². The number of imide groups is 1. The zero-order valence-electron chi connectivity index (χ0n) is 16.4. The van der Waals surface area contributed by atoms with Crippen molar-refractivity contribution in [2.45, 2.75) is 12.5 Å². The van der Waals surface area contributed by atoms with Gasteiger partial charge in [-0.15, -0.1) is 0 Å². The average Bonchev–Trinajstić information content (AvgIpc) is 3.01. The minimum Gasteiger partial charge on any atom is -0.496 e. The number of para-hydroxylation sites is 1. The van der Waals surface area contributed by atoms with Gasteiger partial charge in [0.05, 0.1) is 24.7 Å². The lowest BCUT2D eigenvalue weighted by atomic mass is 10.1. The van der Waals surface area contributed by atoms with Gasteiger partial charge in [0, 0.05) is 5.56 Å². The summed E-state index contributed by atoms with van der Waals surface area (Å²) in [6.45, 7) is -0.657. The van der Waals surface area contributed by atoms with Gasteiger partial charge in [-0.25, -0.2) is 0 Å². The molecule has 1 fully saturated rings. The normalized spacial score (nSPS) is 16.1. The summed E-state index contributed by atoms with van der Waals surface area (Å²) < 4.78 is 5.26. The van der Waals surface area contributed by atoms with Gasteiger partial charge >= 0.3 is 0 Å². The summed E-state index contributed by atoms with van der Waals surface area (Å²) in [5.74, 6) is -0.464. The van der Waals surface area contributed by atoms with E-state index in [4.69, 9.17) is 4.74 Å².